The van der Waals surface area contributed by atoms with Crippen LogP contribution in [-0.2, 0) is 0 Å². The molecule has 0 radical (unpaired) electrons. The summed E-state index contributed by atoms with van der Waals surface area (Å²) in [4.78, 5) is 1.69. The first-order valence-corrected chi connectivity index (χ1v) is 7.95. The Bertz CT molecular complexity index is 284. The van der Waals surface area contributed by atoms with Gasteiger partial charge in [0.15, 0.2) is 0 Å². The van der Waals surface area contributed by atoms with Crippen LogP contribution in [0.4, 0.5) is 0 Å². The lowest BCUT2D eigenvalue weighted by molar-refractivity contribution is 0.521. The second-order valence-corrected chi connectivity index (χ2v) is 5.49. The van der Waals surface area contributed by atoms with E-state index in [-0.39, 0.29) is 0 Å². The maximum absolute atomic E-state index is 3.90. The predicted molar refractivity (Wildman–Crippen MR) is 80.7 cm³/mol. The van der Waals surface area contributed by atoms with Crippen LogP contribution in [-0.4, -0.2) is 21.1 Å². The van der Waals surface area contributed by atoms with Crippen LogP contribution in [0.25, 0.3) is 0 Å². The van der Waals surface area contributed by atoms with E-state index in [0.29, 0.717) is 6.04 Å². The Hall–Kier alpha value is -1.06. The van der Waals surface area contributed by atoms with Crippen molar-refractivity contribution in [2.45, 2.75) is 84.1 Å². The number of unbranched alkanes of at least 4 members (excludes halogenated alkanes) is 8. The maximum atomic E-state index is 3.90. The molecule has 0 bridgehead atoms. The van der Waals surface area contributed by atoms with E-state index in [2.05, 4.69) is 29.6 Å². The van der Waals surface area contributed by atoms with Gasteiger partial charge in [0.2, 0.25) is 0 Å². The zero-order valence-electron chi connectivity index (χ0n) is 12.6. The summed E-state index contributed by atoms with van der Waals surface area (Å²) in [5.41, 5.74) is 3.29. The molecule has 0 fully saturated rings. The molecular formula is C15H30N4. The topological polar surface area (TPSA) is 42.7 Å². The molecule has 0 spiro atoms. The molecule has 0 aliphatic rings. The third-order valence-corrected chi connectivity index (χ3v) is 3.52. The van der Waals surface area contributed by atoms with Gasteiger partial charge in [-0.15, -0.1) is 5.10 Å². The zero-order chi connectivity index (χ0) is 13.8. The van der Waals surface area contributed by atoms with Gasteiger partial charge in [0.05, 0.1) is 12.4 Å². The number of hydrogen-bond acceptors (Lipinski definition) is 3. The van der Waals surface area contributed by atoms with Crippen LogP contribution in [0.3, 0.4) is 0 Å². The lowest BCUT2D eigenvalue weighted by Crippen LogP contribution is -2.25. The second kappa shape index (κ2) is 10.8. The SMILES string of the molecule is CCCCCCCCCCCC(C)Nn1ccnn1. The van der Waals surface area contributed by atoms with Gasteiger partial charge in [0, 0.05) is 6.04 Å². The van der Waals surface area contributed by atoms with Gasteiger partial charge >= 0.3 is 0 Å². The van der Waals surface area contributed by atoms with Crippen molar-refractivity contribution >= 4 is 0 Å². The van der Waals surface area contributed by atoms with E-state index in [1.54, 1.807) is 11.0 Å². The quantitative estimate of drug-likeness (QED) is 0.578. The van der Waals surface area contributed by atoms with E-state index in [9.17, 15) is 0 Å². The van der Waals surface area contributed by atoms with Gasteiger partial charge in [-0.2, -0.15) is 4.79 Å². The summed E-state index contributed by atoms with van der Waals surface area (Å²) < 4.78 is 0. The molecule has 110 valence electrons. The molecule has 0 aromatic carbocycles. The van der Waals surface area contributed by atoms with Crippen molar-refractivity contribution in [2.75, 3.05) is 5.43 Å². The van der Waals surface area contributed by atoms with E-state index in [0.717, 1.165) is 0 Å². The van der Waals surface area contributed by atoms with Crippen molar-refractivity contribution in [3.63, 3.8) is 0 Å². The molecule has 1 rings (SSSR count). The maximum Gasteiger partial charge on any atom is 0.0715 e. The number of hydrogen-bond donors (Lipinski definition) is 1. The Labute approximate surface area is 117 Å². The predicted octanol–water partition coefficient (Wildman–Crippen LogP) is 4.13. The molecule has 1 aromatic heterocycles. The lowest BCUT2D eigenvalue weighted by Gasteiger charge is -2.13. The largest absolute Gasteiger partial charge is 0.306 e. The van der Waals surface area contributed by atoms with Crippen LogP contribution in [0, 0.1) is 0 Å². The number of rotatable bonds is 12. The Kier molecular flexibility index (Phi) is 9.11. The lowest BCUT2D eigenvalue weighted by atomic mass is 10.1. The van der Waals surface area contributed by atoms with Crippen LogP contribution in [0.1, 0.15) is 78.1 Å². The highest BCUT2D eigenvalue weighted by Gasteiger charge is 2.01. The summed E-state index contributed by atoms with van der Waals surface area (Å²) in [5.74, 6) is 0. The molecule has 0 saturated heterocycles. The molecule has 0 aliphatic carbocycles. The van der Waals surface area contributed by atoms with Crippen LogP contribution in [0.2, 0.25) is 0 Å². The molecule has 4 nitrogen and oxygen atoms in total. The average Bonchev–Trinajstić information content (AvgIpc) is 2.89. The first kappa shape index (κ1) is 16.0. The average molecular weight is 266 g/mol. The van der Waals surface area contributed by atoms with E-state index in [1.807, 2.05) is 6.20 Å². The summed E-state index contributed by atoms with van der Waals surface area (Å²) in [6.45, 7) is 4.47. The Morgan fingerprint density at radius 1 is 1.00 bits per heavy atom. The van der Waals surface area contributed by atoms with Crippen LogP contribution in [0.5, 0.6) is 0 Å². The fraction of sp³-hybridized carbons (Fsp3) is 0.867. The molecule has 1 aromatic rings. The van der Waals surface area contributed by atoms with Gasteiger partial charge in [0.25, 0.3) is 0 Å². The van der Waals surface area contributed by atoms with E-state index >= 15 is 0 Å². The monoisotopic (exact) mass is 266 g/mol. The molecule has 0 aliphatic heterocycles. The standard InChI is InChI=1S/C15H30N4/c1-3-4-5-6-7-8-9-10-11-12-15(2)17-19-14-13-16-18-19/h13-15,17H,3-12H2,1-2H3. The minimum atomic E-state index is 0.464. The zero-order valence-corrected chi connectivity index (χ0v) is 12.6. The Balaban J connectivity index is 1.85. The molecule has 0 saturated carbocycles. The highest BCUT2D eigenvalue weighted by atomic mass is 15.6. The van der Waals surface area contributed by atoms with Crippen molar-refractivity contribution in [2.24, 2.45) is 0 Å². The molecule has 1 atom stereocenters. The number of nitrogens with zero attached hydrogens (tertiary/aromatic N) is 3. The summed E-state index contributed by atoms with van der Waals surface area (Å²) >= 11 is 0. The van der Waals surface area contributed by atoms with Crippen molar-refractivity contribution in [1.29, 1.82) is 0 Å². The second-order valence-electron chi connectivity index (χ2n) is 5.49. The van der Waals surface area contributed by atoms with E-state index < -0.39 is 0 Å². The summed E-state index contributed by atoms with van der Waals surface area (Å²) in [6, 6.07) is 0.464. The van der Waals surface area contributed by atoms with E-state index in [1.165, 1.54) is 64.2 Å². The first-order valence-electron chi connectivity index (χ1n) is 7.95. The van der Waals surface area contributed by atoms with Crippen molar-refractivity contribution in [1.82, 2.24) is 15.1 Å². The third kappa shape index (κ3) is 8.62. The molecular weight excluding hydrogens is 236 g/mol. The molecule has 19 heavy (non-hydrogen) atoms. The number of aromatic nitrogens is 3. The normalized spacial score (nSPS) is 12.5. The summed E-state index contributed by atoms with van der Waals surface area (Å²) in [7, 11) is 0. The van der Waals surface area contributed by atoms with Crippen molar-refractivity contribution in [3.8, 4) is 0 Å². The van der Waals surface area contributed by atoms with Crippen LogP contribution >= 0.6 is 0 Å². The van der Waals surface area contributed by atoms with Crippen LogP contribution < -0.4 is 5.43 Å². The Morgan fingerprint density at radius 3 is 2.21 bits per heavy atom. The molecule has 1 unspecified atom stereocenters. The van der Waals surface area contributed by atoms with Crippen LogP contribution in [0.15, 0.2) is 12.4 Å². The van der Waals surface area contributed by atoms with Crippen molar-refractivity contribution < 1.29 is 0 Å². The molecule has 1 N–H and O–H groups in total. The Morgan fingerprint density at radius 2 is 1.63 bits per heavy atom. The van der Waals surface area contributed by atoms with Gasteiger partial charge in [0.1, 0.15) is 0 Å². The summed E-state index contributed by atoms with van der Waals surface area (Å²) in [5, 5.41) is 7.68. The van der Waals surface area contributed by atoms with Gasteiger partial charge in [-0.1, -0.05) is 64.7 Å². The van der Waals surface area contributed by atoms with Crippen molar-refractivity contribution in [3.05, 3.63) is 12.4 Å². The molecule has 0 amide bonds. The minimum absolute atomic E-state index is 0.464. The highest BCUT2D eigenvalue weighted by molar-refractivity contribution is 4.77. The summed E-state index contributed by atoms with van der Waals surface area (Å²) in [6.07, 6.45) is 17.2. The number of nitrogens with one attached hydrogen (secondary N) is 1. The molecule has 4 heteroatoms. The van der Waals surface area contributed by atoms with Gasteiger partial charge in [-0.25, -0.2) is 0 Å². The molecule has 1 heterocycles. The van der Waals surface area contributed by atoms with E-state index in [4.69, 9.17) is 0 Å². The third-order valence-electron chi connectivity index (χ3n) is 3.52. The smallest absolute Gasteiger partial charge is 0.0715 e. The fourth-order valence-electron chi connectivity index (χ4n) is 2.33. The van der Waals surface area contributed by atoms with Gasteiger partial charge in [-0.3, -0.25) is 0 Å². The first-order chi connectivity index (χ1) is 9.33. The van der Waals surface area contributed by atoms with Gasteiger partial charge in [-0.05, 0) is 18.6 Å². The minimum Gasteiger partial charge on any atom is -0.306 e. The van der Waals surface area contributed by atoms with Gasteiger partial charge < -0.3 is 5.43 Å². The highest BCUT2D eigenvalue weighted by Crippen LogP contribution is 2.11. The fourth-order valence-corrected chi connectivity index (χ4v) is 2.33.